The minimum absolute atomic E-state index is 0.158. The third-order valence-corrected chi connectivity index (χ3v) is 3.92. The summed E-state index contributed by atoms with van der Waals surface area (Å²) in [6.45, 7) is 2.13. The van der Waals surface area contributed by atoms with Crippen molar-refractivity contribution in [3.05, 3.63) is 45.4 Å². The van der Waals surface area contributed by atoms with Gasteiger partial charge in [0, 0.05) is 10.9 Å². The van der Waals surface area contributed by atoms with Crippen molar-refractivity contribution in [3.63, 3.8) is 0 Å². The zero-order valence-electron chi connectivity index (χ0n) is 10.1. The number of hydrogen-bond acceptors (Lipinski definition) is 2. The van der Waals surface area contributed by atoms with Crippen LogP contribution < -0.4 is 0 Å². The summed E-state index contributed by atoms with van der Waals surface area (Å²) in [5, 5.41) is 8.02. The van der Waals surface area contributed by atoms with Crippen molar-refractivity contribution in [2.24, 2.45) is 0 Å². The van der Waals surface area contributed by atoms with E-state index in [9.17, 15) is 0 Å². The Labute approximate surface area is 116 Å². The van der Waals surface area contributed by atoms with Gasteiger partial charge in [-0.2, -0.15) is 5.10 Å². The summed E-state index contributed by atoms with van der Waals surface area (Å²) in [7, 11) is 0. The van der Waals surface area contributed by atoms with Crippen molar-refractivity contribution in [1.29, 1.82) is 0 Å². The molecule has 5 heteroatoms. The molecule has 1 aromatic carbocycles. The Hall–Kier alpha value is -1.13. The van der Waals surface area contributed by atoms with Crippen molar-refractivity contribution in [2.75, 3.05) is 0 Å². The van der Waals surface area contributed by atoms with Crippen LogP contribution in [-0.4, -0.2) is 14.8 Å². The highest BCUT2D eigenvalue weighted by atomic mass is 35.5. The van der Waals surface area contributed by atoms with Crippen molar-refractivity contribution in [3.8, 4) is 0 Å². The Morgan fingerprint density at radius 1 is 1.50 bits per heavy atom. The number of nitrogens with zero attached hydrogens (tertiary/aromatic N) is 2. The smallest absolute Gasteiger partial charge is 0.195 e. The van der Waals surface area contributed by atoms with Gasteiger partial charge in [-0.05, 0) is 49.7 Å². The maximum atomic E-state index is 6.05. The van der Waals surface area contributed by atoms with Gasteiger partial charge in [-0.25, -0.2) is 0 Å². The number of aromatic nitrogens is 3. The number of halogens is 1. The van der Waals surface area contributed by atoms with E-state index >= 15 is 0 Å². The molecule has 0 amide bonds. The van der Waals surface area contributed by atoms with E-state index in [1.807, 2.05) is 18.2 Å². The van der Waals surface area contributed by atoms with Crippen LogP contribution in [0.2, 0.25) is 5.02 Å². The molecule has 18 heavy (non-hydrogen) atoms. The van der Waals surface area contributed by atoms with E-state index in [0.29, 0.717) is 10.7 Å². The van der Waals surface area contributed by atoms with E-state index in [1.54, 1.807) is 0 Å². The van der Waals surface area contributed by atoms with Gasteiger partial charge < -0.3 is 0 Å². The first-order valence-corrected chi connectivity index (χ1v) is 6.87. The lowest BCUT2D eigenvalue weighted by Crippen LogP contribution is -2.10. The fourth-order valence-corrected chi connectivity index (χ4v) is 2.73. The first kappa shape index (κ1) is 11.9. The summed E-state index contributed by atoms with van der Waals surface area (Å²) in [4.78, 5) is 0. The molecule has 1 unspecified atom stereocenters. The first-order valence-electron chi connectivity index (χ1n) is 6.09. The van der Waals surface area contributed by atoms with Crippen LogP contribution in [0.25, 0.3) is 0 Å². The molecule has 0 aliphatic heterocycles. The van der Waals surface area contributed by atoms with E-state index < -0.39 is 0 Å². The van der Waals surface area contributed by atoms with E-state index in [4.69, 9.17) is 23.8 Å². The minimum atomic E-state index is 0.158. The van der Waals surface area contributed by atoms with E-state index in [1.165, 1.54) is 12.8 Å². The molecular weight excluding hydrogens is 266 g/mol. The Kier molecular flexibility index (Phi) is 2.99. The maximum Gasteiger partial charge on any atom is 0.195 e. The number of aromatic amines is 1. The first-order chi connectivity index (χ1) is 8.66. The molecule has 1 fully saturated rings. The van der Waals surface area contributed by atoms with Crippen LogP contribution in [0.15, 0.2) is 24.3 Å². The van der Waals surface area contributed by atoms with Gasteiger partial charge in [-0.3, -0.25) is 9.67 Å². The average Bonchev–Trinajstić information content (AvgIpc) is 3.12. The van der Waals surface area contributed by atoms with Gasteiger partial charge >= 0.3 is 0 Å². The second kappa shape index (κ2) is 4.52. The molecule has 1 atom stereocenters. The van der Waals surface area contributed by atoms with Crippen LogP contribution in [0.5, 0.6) is 0 Å². The highest BCUT2D eigenvalue weighted by molar-refractivity contribution is 7.71. The molecule has 2 aromatic rings. The summed E-state index contributed by atoms with van der Waals surface area (Å²) < 4.78 is 2.79. The number of hydrogen-bond donors (Lipinski definition) is 1. The normalized spacial score (nSPS) is 16.8. The monoisotopic (exact) mass is 279 g/mol. The Balaban J connectivity index is 2.04. The lowest BCUT2D eigenvalue weighted by atomic mass is 10.1. The van der Waals surface area contributed by atoms with Crippen molar-refractivity contribution >= 4 is 23.8 Å². The lowest BCUT2D eigenvalue weighted by molar-refractivity contribution is 0.595. The molecule has 0 spiro atoms. The van der Waals surface area contributed by atoms with Gasteiger partial charge in [-0.15, -0.1) is 0 Å². The summed E-state index contributed by atoms with van der Waals surface area (Å²) in [5.41, 5.74) is 1.15. The van der Waals surface area contributed by atoms with Crippen molar-refractivity contribution < 1.29 is 0 Å². The van der Waals surface area contributed by atoms with Gasteiger partial charge in [0.15, 0.2) is 4.77 Å². The molecule has 1 aliphatic carbocycles. The van der Waals surface area contributed by atoms with Crippen LogP contribution in [-0.2, 0) is 0 Å². The van der Waals surface area contributed by atoms with Crippen LogP contribution in [0.1, 0.15) is 43.1 Å². The zero-order chi connectivity index (χ0) is 12.7. The molecule has 1 heterocycles. The lowest BCUT2D eigenvalue weighted by Gasteiger charge is -2.16. The predicted octanol–water partition coefficient (Wildman–Crippen LogP) is 4.08. The Bertz CT molecular complexity index is 627. The van der Waals surface area contributed by atoms with Gasteiger partial charge in [0.2, 0.25) is 0 Å². The topological polar surface area (TPSA) is 33.6 Å². The van der Waals surface area contributed by atoms with Gasteiger partial charge in [-0.1, -0.05) is 23.7 Å². The van der Waals surface area contributed by atoms with E-state index in [0.717, 1.165) is 16.4 Å². The minimum Gasteiger partial charge on any atom is -0.297 e. The molecule has 0 radical (unpaired) electrons. The highest BCUT2D eigenvalue weighted by Gasteiger charge is 2.30. The molecule has 3 nitrogen and oxygen atoms in total. The number of nitrogens with one attached hydrogen (secondary N) is 1. The zero-order valence-corrected chi connectivity index (χ0v) is 11.6. The Morgan fingerprint density at radius 2 is 2.28 bits per heavy atom. The molecule has 3 rings (SSSR count). The van der Waals surface area contributed by atoms with Crippen molar-refractivity contribution in [1.82, 2.24) is 14.8 Å². The molecular formula is C13H14ClN3S. The van der Waals surface area contributed by atoms with Crippen molar-refractivity contribution in [2.45, 2.75) is 31.7 Å². The maximum absolute atomic E-state index is 6.05. The largest absolute Gasteiger partial charge is 0.297 e. The average molecular weight is 280 g/mol. The molecule has 1 N–H and O–H groups in total. The fraction of sp³-hybridized carbons (Fsp3) is 0.385. The van der Waals surface area contributed by atoms with Gasteiger partial charge in [0.1, 0.15) is 5.82 Å². The number of benzene rings is 1. The quantitative estimate of drug-likeness (QED) is 0.859. The molecule has 1 aliphatic rings. The summed E-state index contributed by atoms with van der Waals surface area (Å²) in [5.74, 6) is 1.65. The molecule has 0 bridgehead atoms. The predicted molar refractivity (Wildman–Crippen MR) is 74.7 cm³/mol. The fourth-order valence-electron chi connectivity index (χ4n) is 2.24. The molecule has 1 saturated carbocycles. The molecule has 94 valence electrons. The Morgan fingerprint density at radius 3 is 2.94 bits per heavy atom. The van der Waals surface area contributed by atoms with Gasteiger partial charge in [0.05, 0.1) is 6.04 Å². The second-order valence-electron chi connectivity index (χ2n) is 4.76. The van der Waals surface area contributed by atoms with E-state index in [-0.39, 0.29) is 6.04 Å². The SMILES string of the molecule is CC(c1cccc(Cl)c1)n1c(C2CC2)n[nH]c1=S. The number of rotatable bonds is 3. The summed E-state index contributed by atoms with van der Waals surface area (Å²) in [6, 6.07) is 8.06. The summed E-state index contributed by atoms with van der Waals surface area (Å²) in [6.07, 6.45) is 2.42. The standard InChI is InChI=1S/C13H14ClN3S/c1-8(10-3-2-4-11(14)7-10)17-12(9-5-6-9)15-16-13(17)18/h2-4,7-9H,5-6H2,1H3,(H,16,18). The van der Waals surface area contributed by atoms with Crippen LogP contribution in [0.4, 0.5) is 0 Å². The van der Waals surface area contributed by atoms with Gasteiger partial charge in [0.25, 0.3) is 0 Å². The third-order valence-electron chi connectivity index (χ3n) is 3.39. The van der Waals surface area contributed by atoms with Crippen LogP contribution in [0, 0.1) is 4.77 Å². The third kappa shape index (κ3) is 2.10. The summed E-state index contributed by atoms with van der Waals surface area (Å²) >= 11 is 11.4. The van der Waals surface area contributed by atoms with Crippen LogP contribution >= 0.6 is 23.8 Å². The molecule has 1 aromatic heterocycles. The number of H-pyrrole nitrogens is 1. The van der Waals surface area contributed by atoms with E-state index in [2.05, 4.69) is 27.8 Å². The highest BCUT2D eigenvalue weighted by Crippen LogP contribution is 2.40. The second-order valence-corrected chi connectivity index (χ2v) is 5.59. The van der Waals surface area contributed by atoms with Crippen LogP contribution in [0.3, 0.4) is 0 Å². The molecule has 0 saturated heterocycles.